The number of aryl methyl sites for hydroxylation is 1. The van der Waals surface area contributed by atoms with E-state index in [2.05, 4.69) is 70.7 Å². The van der Waals surface area contributed by atoms with Gasteiger partial charge in [-0.1, -0.05) is 48.5 Å². The summed E-state index contributed by atoms with van der Waals surface area (Å²) in [6.45, 7) is 9.92. The van der Waals surface area contributed by atoms with Crippen molar-refractivity contribution in [3.63, 3.8) is 0 Å². The Morgan fingerprint density at radius 1 is 1.09 bits per heavy atom. The number of benzene rings is 2. The van der Waals surface area contributed by atoms with Crippen molar-refractivity contribution in [1.82, 2.24) is 15.2 Å². The number of aromatic nitrogens is 1. The van der Waals surface area contributed by atoms with Gasteiger partial charge in [0.1, 0.15) is 18.4 Å². The van der Waals surface area contributed by atoms with Crippen LogP contribution in [-0.2, 0) is 11.3 Å². The number of carbonyl (C=O) groups excluding carboxylic acids is 1. The van der Waals surface area contributed by atoms with Gasteiger partial charge in [0.15, 0.2) is 0 Å². The molecule has 3 aromatic rings. The summed E-state index contributed by atoms with van der Waals surface area (Å²) in [6, 6.07) is 18.2. The Labute approximate surface area is 190 Å². The first-order chi connectivity index (χ1) is 15.3. The fourth-order valence-electron chi connectivity index (χ4n) is 4.26. The molecule has 4 rings (SSSR count). The zero-order valence-corrected chi connectivity index (χ0v) is 19.3. The molecule has 1 aliphatic heterocycles. The summed E-state index contributed by atoms with van der Waals surface area (Å²) in [5.41, 5.74) is 5.29. The highest BCUT2D eigenvalue weighted by Crippen LogP contribution is 2.35. The Balaban J connectivity index is 1.74. The number of nitrogens with zero attached hydrogens (tertiary/aromatic N) is 2. The third kappa shape index (κ3) is 4.83. The van der Waals surface area contributed by atoms with E-state index in [1.54, 1.807) is 12.4 Å². The molecular formula is C27H31N3O2. The van der Waals surface area contributed by atoms with Crippen LogP contribution in [0, 0.1) is 6.92 Å². The van der Waals surface area contributed by atoms with Crippen molar-refractivity contribution >= 4 is 5.91 Å². The zero-order valence-electron chi connectivity index (χ0n) is 19.3. The van der Waals surface area contributed by atoms with Gasteiger partial charge in [0.2, 0.25) is 5.91 Å². The van der Waals surface area contributed by atoms with Gasteiger partial charge in [-0.15, -0.1) is 0 Å². The van der Waals surface area contributed by atoms with Gasteiger partial charge in [-0.25, -0.2) is 0 Å². The minimum absolute atomic E-state index is 0.0365. The number of ether oxygens (including phenoxy) is 1. The second-order valence-corrected chi connectivity index (χ2v) is 9.35. The van der Waals surface area contributed by atoms with E-state index in [1.807, 2.05) is 26.8 Å². The molecule has 0 radical (unpaired) electrons. The third-order valence-electron chi connectivity index (χ3n) is 5.68. The summed E-state index contributed by atoms with van der Waals surface area (Å²) < 4.78 is 6.00. The predicted octanol–water partition coefficient (Wildman–Crippen LogP) is 4.91. The summed E-state index contributed by atoms with van der Waals surface area (Å²) in [4.78, 5) is 20.0. The highest BCUT2D eigenvalue weighted by molar-refractivity contribution is 5.84. The van der Waals surface area contributed by atoms with Crippen LogP contribution in [0.1, 0.15) is 43.5 Å². The SMILES string of the molecule is Cc1ccccc1-c1ccccc1CN1CCOc2ccncc2C1C(=O)NC(C)(C)C. The number of amides is 1. The molecule has 0 bridgehead atoms. The van der Waals surface area contributed by atoms with Crippen molar-refractivity contribution in [2.45, 2.75) is 45.8 Å². The Morgan fingerprint density at radius 2 is 1.81 bits per heavy atom. The van der Waals surface area contributed by atoms with Crippen LogP contribution >= 0.6 is 0 Å². The summed E-state index contributed by atoms with van der Waals surface area (Å²) in [7, 11) is 0. The number of carbonyl (C=O) groups is 1. The molecular weight excluding hydrogens is 398 g/mol. The predicted molar refractivity (Wildman–Crippen MR) is 127 cm³/mol. The second-order valence-electron chi connectivity index (χ2n) is 9.35. The van der Waals surface area contributed by atoms with Crippen LogP contribution in [0.4, 0.5) is 0 Å². The number of pyridine rings is 1. The molecule has 0 saturated heterocycles. The van der Waals surface area contributed by atoms with Gasteiger partial charge < -0.3 is 10.1 Å². The number of nitrogens with one attached hydrogen (secondary N) is 1. The van der Waals surface area contributed by atoms with Crippen LogP contribution in [0.5, 0.6) is 5.75 Å². The molecule has 2 aromatic carbocycles. The minimum atomic E-state index is -0.481. The fraction of sp³-hybridized carbons (Fsp3) is 0.333. The molecule has 1 atom stereocenters. The van der Waals surface area contributed by atoms with Gasteiger partial charge in [-0.05, 0) is 56.0 Å². The van der Waals surface area contributed by atoms with E-state index in [1.165, 1.54) is 22.3 Å². The number of hydrogen-bond donors (Lipinski definition) is 1. The maximum Gasteiger partial charge on any atom is 0.242 e. The van der Waals surface area contributed by atoms with Crippen LogP contribution in [0.3, 0.4) is 0 Å². The van der Waals surface area contributed by atoms with E-state index in [0.717, 1.165) is 11.3 Å². The molecule has 0 fully saturated rings. The van der Waals surface area contributed by atoms with E-state index in [9.17, 15) is 4.79 Å². The van der Waals surface area contributed by atoms with Gasteiger partial charge in [0, 0.05) is 36.6 Å². The van der Waals surface area contributed by atoms with E-state index in [-0.39, 0.29) is 11.4 Å². The standard InChI is InChI=1S/C27H31N3O2/c1-19-9-5-7-11-21(19)22-12-8-6-10-20(22)18-30-15-16-32-24-13-14-28-17-23(24)25(30)26(31)29-27(2,3)4/h5-14,17,25H,15-16,18H2,1-4H3,(H,29,31). The van der Waals surface area contributed by atoms with E-state index in [4.69, 9.17) is 4.74 Å². The molecule has 1 unspecified atom stereocenters. The third-order valence-corrected chi connectivity index (χ3v) is 5.68. The molecule has 1 N–H and O–H groups in total. The molecule has 1 aromatic heterocycles. The molecule has 166 valence electrons. The maximum absolute atomic E-state index is 13.5. The van der Waals surface area contributed by atoms with Crippen molar-refractivity contribution < 1.29 is 9.53 Å². The Morgan fingerprint density at radius 3 is 2.56 bits per heavy atom. The molecule has 1 amide bonds. The van der Waals surface area contributed by atoms with Gasteiger partial charge in [0.25, 0.3) is 0 Å². The monoisotopic (exact) mass is 429 g/mol. The normalized spacial score (nSPS) is 16.6. The smallest absolute Gasteiger partial charge is 0.242 e. The lowest BCUT2D eigenvalue weighted by Gasteiger charge is -2.32. The first kappa shape index (κ1) is 22.0. The van der Waals surface area contributed by atoms with Crippen LogP contribution in [0.15, 0.2) is 67.0 Å². The first-order valence-corrected chi connectivity index (χ1v) is 11.1. The molecule has 5 nitrogen and oxygen atoms in total. The average molecular weight is 430 g/mol. The number of fused-ring (bicyclic) bond motifs is 1. The quantitative estimate of drug-likeness (QED) is 0.640. The summed E-state index contributed by atoms with van der Waals surface area (Å²) >= 11 is 0. The molecule has 5 heteroatoms. The van der Waals surface area contributed by atoms with Crippen molar-refractivity contribution in [3.8, 4) is 16.9 Å². The molecule has 32 heavy (non-hydrogen) atoms. The van der Waals surface area contributed by atoms with Crippen LogP contribution < -0.4 is 10.1 Å². The van der Waals surface area contributed by atoms with Gasteiger partial charge >= 0.3 is 0 Å². The molecule has 0 aliphatic carbocycles. The van der Waals surface area contributed by atoms with Gasteiger partial charge in [0.05, 0.1) is 0 Å². The first-order valence-electron chi connectivity index (χ1n) is 11.1. The second kappa shape index (κ2) is 9.13. The van der Waals surface area contributed by atoms with Crippen LogP contribution in [0.2, 0.25) is 0 Å². The Kier molecular flexibility index (Phi) is 6.28. The van der Waals surface area contributed by atoms with Crippen LogP contribution in [0.25, 0.3) is 11.1 Å². The summed E-state index contributed by atoms with van der Waals surface area (Å²) in [6.07, 6.45) is 3.47. The maximum atomic E-state index is 13.5. The lowest BCUT2D eigenvalue weighted by Crippen LogP contribution is -2.47. The number of rotatable bonds is 4. The van der Waals surface area contributed by atoms with Gasteiger partial charge in [-0.2, -0.15) is 0 Å². The van der Waals surface area contributed by atoms with Crippen molar-refractivity contribution in [2.75, 3.05) is 13.2 Å². The van der Waals surface area contributed by atoms with Crippen LogP contribution in [-0.4, -0.2) is 34.5 Å². The molecule has 1 aliphatic rings. The largest absolute Gasteiger partial charge is 0.492 e. The van der Waals surface area contributed by atoms with Crippen molar-refractivity contribution in [2.24, 2.45) is 0 Å². The van der Waals surface area contributed by atoms with E-state index < -0.39 is 6.04 Å². The minimum Gasteiger partial charge on any atom is -0.492 e. The lowest BCUT2D eigenvalue weighted by molar-refractivity contribution is -0.128. The highest BCUT2D eigenvalue weighted by Gasteiger charge is 2.34. The molecule has 0 spiro atoms. The van der Waals surface area contributed by atoms with E-state index in [0.29, 0.717) is 19.7 Å². The van der Waals surface area contributed by atoms with E-state index >= 15 is 0 Å². The Hall–Kier alpha value is -3.18. The topological polar surface area (TPSA) is 54.5 Å². The lowest BCUT2D eigenvalue weighted by atomic mass is 9.95. The highest BCUT2D eigenvalue weighted by atomic mass is 16.5. The average Bonchev–Trinajstić information content (AvgIpc) is 2.92. The molecule has 2 heterocycles. The summed E-state index contributed by atoms with van der Waals surface area (Å²) in [5, 5.41) is 3.16. The van der Waals surface area contributed by atoms with Crippen molar-refractivity contribution in [1.29, 1.82) is 0 Å². The Bertz CT molecular complexity index is 1100. The summed E-state index contributed by atoms with van der Waals surface area (Å²) in [5.74, 6) is 0.689. The fourth-order valence-corrected chi connectivity index (χ4v) is 4.26. The molecule has 0 saturated carbocycles. The van der Waals surface area contributed by atoms with Gasteiger partial charge in [-0.3, -0.25) is 14.7 Å². The zero-order chi connectivity index (χ0) is 22.7. The van der Waals surface area contributed by atoms with Crippen molar-refractivity contribution in [3.05, 3.63) is 83.7 Å². The number of hydrogen-bond acceptors (Lipinski definition) is 4.